The number of nitrogens with one attached hydrogen (secondary N) is 1. The van der Waals surface area contributed by atoms with E-state index in [9.17, 15) is 9.90 Å². The molecule has 0 bridgehead atoms. The van der Waals surface area contributed by atoms with Crippen molar-refractivity contribution in [3.05, 3.63) is 48.3 Å². The Morgan fingerprint density at radius 3 is 3.04 bits per heavy atom. The van der Waals surface area contributed by atoms with Gasteiger partial charge in [-0.25, -0.2) is 0 Å². The summed E-state index contributed by atoms with van der Waals surface area (Å²) in [5, 5.41) is 11.5. The van der Waals surface area contributed by atoms with E-state index in [-0.39, 0.29) is 18.6 Å². The SMILES string of the molecule is O=C(/C=C/c1cc2c(cn1)[nH]c1ccccc12)N1CCCCC1CCO. The number of nitrogens with zero attached hydrogens (tertiary/aromatic N) is 2. The van der Waals surface area contributed by atoms with Crippen molar-refractivity contribution in [3.63, 3.8) is 0 Å². The Morgan fingerprint density at radius 2 is 2.15 bits per heavy atom. The number of amides is 1. The van der Waals surface area contributed by atoms with Gasteiger partial charge in [-0.2, -0.15) is 0 Å². The number of aromatic nitrogens is 2. The number of para-hydroxylation sites is 1. The Morgan fingerprint density at radius 1 is 1.27 bits per heavy atom. The molecule has 1 unspecified atom stereocenters. The molecule has 0 spiro atoms. The predicted molar refractivity (Wildman–Crippen MR) is 104 cm³/mol. The fourth-order valence-corrected chi connectivity index (χ4v) is 3.85. The second kappa shape index (κ2) is 7.30. The van der Waals surface area contributed by atoms with Gasteiger partial charge in [-0.05, 0) is 43.9 Å². The maximum atomic E-state index is 12.6. The Bertz CT molecular complexity index is 958. The number of hydrogen-bond donors (Lipinski definition) is 2. The van der Waals surface area contributed by atoms with Crippen LogP contribution in [-0.4, -0.2) is 45.1 Å². The van der Waals surface area contributed by atoms with Crippen LogP contribution in [-0.2, 0) is 4.79 Å². The van der Waals surface area contributed by atoms with Crippen molar-refractivity contribution in [1.29, 1.82) is 0 Å². The number of aliphatic hydroxyl groups is 1. The molecular weight excluding hydrogens is 326 g/mol. The zero-order valence-corrected chi connectivity index (χ0v) is 14.7. The second-order valence-electron chi connectivity index (χ2n) is 6.85. The Labute approximate surface area is 152 Å². The van der Waals surface area contributed by atoms with Crippen molar-refractivity contribution in [1.82, 2.24) is 14.9 Å². The van der Waals surface area contributed by atoms with Crippen LogP contribution in [0.5, 0.6) is 0 Å². The molecule has 2 N–H and O–H groups in total. The Kier molecular flexibility index (Phi) is 4.71. The van der Waals surface area contributed by atoms with Crippen LogP contribution in [0, 0.1) is 0 Å². The fraction of sp³-hybridized carbons (Fsp3) is 0.333. The van der Waals surface area contributed by atoms with E-state index in [1.165, 1.54) is 0 Å². The number of aliphatic hydroxyl groups excluding tert-OH is 1. The summed E-state index contributed by atoms with van der Waals surface area (Å²) in [5.74, 6) is 0.00368. The zero-order chi connectivity index (χ0) is 17.9. The molecule has 1 aliphatic heterocycles. The van der Waals surface area contributed by atoms with Crippen molar-refractivity contribution >= 4 is 33.8 Å². The van der Waals surface area contributed by atoms with Crippen molar-refractivity contribution in [2.45, 2.75) is 31.7 Å². The van der Waals surface area contributed by atoms with E-state index in [0.717, 1.165) is 53.3 Å². The second-order valence-corrected chi connectivity index (χ2v) is 6.85. The molecule has 1 fully saturated rings. The lowest BCUT2D eigenvalue weighted by atomic mass is 9.99. The minimum absolute atomic E-state index is 0.00368. The zero-order valence-electron chi connectivity index (χ0n) is 14.7. The monoisotopic (exact) mass is 349 g/mol. The van der Waals surface area contributed by atoms with Crippen molar-refractivity contribution < 1.29 is 9.90 Å². The van der Waals surface area contributed by atoms with Gasteiger partial charge in [-0.3, -0.25) is 9.78 Å². The lowest BCUT2D eigenvalue weighted by Crippen LogP contribution is -2.43. The summed E-state index contributed by atoms with van der Waals surface area (Å²) in [6.45, 7) is 0.889. The highest BCUT2D eigenvalue weighted by atomic mass is 16.3. The van der Waals surface area contributed by atoms with Gasteiger partial charge in [-0.15, -0.1) is 0 Å². The number of H-pyrrole nitrogens is 1. The van der Waals surface area contributed by atoms with Gasteiger partial charge in [0.25, 0.3) is 0 Å². The summed E-state index contributed by atoms with van der Waals surface area (Å²) in [6.07, 6.45) is 8.98. The molecule has 1 saturated heterocycles. The van der Waals surface area contributed by atoms with Crippen LogP contribution in [0.4, 0.5) is 0 Å². The number of hydrogen-bond acceptors (Lipinski definition) is 3. The van der Waals surface area contributed by atoms with E-state index < -0.39 is 0 Å². The molecule has 0 radical (unpaired) electrons. The standard InChI is InChI=1S/C21H23N3O2/c25-12-10-16-5-3-4-11-24(16)21(26)9-8-15-13-18-17-6-1-2-7-19(17)23-20(18)14-22-15/h1-2,6-9,13-14,16,23,25H,3-5,10-12H2/b9-8+. The summed E-state index contributed by atoms with van der Waals surface area (Å²) in [5.41, 5.74) is 2.85. The van der Waals surface area contributed by atoms with Gasteiger partial charge in [-0.1, -0.05) is 18.2 Å². The molecule has 1 aliphatic rings. The number of rotatable bonds is 4. The third-order valence-electron chi connectivity index (χ3n) is 5.18. The number of carbonyl (C=O) groups excluding carboxylic acids is 1. The average Bonchev–Trinajstić information content (AvgIpc) is 3.05. The van der Waals surface area contributed by atoms with Crippen LogP contribution in [0.25, 0.3) is 27.9 Å². The van der Waals surface area contributed by atoms with E-state index in [2.05, 4.69) is 16.0 Å². The highest BCUT2D eigenvalue weighted by Gasteiger charge is 2.24. The molecule has 3 aromatic rings. The minimum atomic E-state index is 0.00368. The molecular formula is C21H23N3O2. The molecule has 134 valence electrons. The molecule has 26 heavy (non-hydrogen) atoms. The topological polar surface area (TPSA) is 69.2 Å². The molecule has 0 saturated carbocycles. The summed E-state index contributed by atoms with van der Waals surface area (Å²) in [6, 6.07) is 10.3. The van der Waals surface area contributed by atoms with Crippen LogP contribution in [0.1, 0.15) is 31.4 Å². The van der Waals surface area contributed by atoms with Gasteiger partial charge in [0, 0.05) is 41.6 Å². The Hall–Kier alpha value is -2.66. The van der Waals surface area contributed by atoms with Crippen LogP contribution in [0.15, 0.2) is 42.6 Å². The largest absolute Gasteiger partial charge is 0.396 e. The first-order valence-electron chi connectivity index (χ1n) is 9.22. The average molecular weight is 349 g/mol. The molecule has 1 atom stereocenters. The predicted octanol–water partition coefficient (Wildman–Crippen LogP) is 3.49. The van der Waals surface area contributed by atoms with E-state index in [1.807, 2.05) is 35.4 Å². The van der Waals surface area contributed by atoms with Crippen LogP contribution >= 0.6 is 0 Å². The van der Waals surface area contributed by atoms with Gasteiger partial charge in [0.05, 0.1) is 17.4 Å². The van der Waals surface area contributed by atoms with Crippen molar-refractivity contribution in [2.24, 2.45) is 0 Å². The van der Waals surface area contributed by atoms with Crippen LogP contribution < -0.4 is 0 Å². The number of fused-ring (bicyclic) bond motifs is 3. The summed E-state index contributed by atoms with van der Waals surface area (Å²) < 4.78 is 0. The van der Waals surface area contributed by atoms with E-state index in [4.69, 9.17) is 0 Å². The first kappa shape index (κ1) is 16.8. The smallest absolute Gasteiger partial charge is 0.246 e. The molecule has 1 aromatic carbocycles. The normalized spacial score (nSPS) is 18.2. The molecule has 2 aromatic heterocycles. The van der Waals surface area contributed by atoms with E-state index in [0.29, 0.717) is 6.42 Å². The molecule has 1 amide bonds. The molecule has 3 heterocycles. The number of likely N-dealkylation sites (tertiary alicyclic amines) is 1. The summed E-state index contributed by atoms with van der Waals surface area (Å²) in [7, 11) is 0. The maximum absolute atomic E-state index is 12.6. The lowest BCUT2D eigenvalue weighted by molar-refractivity contribution is -0.129. The number of pyridine rings is 1. The Balaban J connectivity index is 1.57. The first-order valence-corrected chi connectivity index (χ1v) is 9.22. The van der Waals surface area contributed by atoms with Crippen LogP contribution in [0.3, 0.4) is 0 Å². The van der Waals surface area contributed by atoms with E-state index in [1.54, 1.807) is 12.2 Å². The van der Waals surface area contributed by atoms with Crippen LogP contribution in [0.2, 0.25) is 0 Å². The third-order valence-corrected chi connectivity index (χ3v) is 5.18. The highest BCUT2D eigenvalue weighted by Crippen LogP contribution is 2.25. The fourth-order valence-electron chi connectivity index (χ4n) is 3.85. The number of aromatic amines is 1. The summed E-state index contributed by atoms with van der Waals surface area (Å²) in [4.78, 5) is 22.3. The molecule has 0 aliphatic carbocycles. The van der Waals surface area contributed by atoms with Gasteiger partial charge < -0.3 is 15.0 Å². The number of benzene rings is 1. The van der Waals surface area contributed by atoms with Gasteiger partial charge >= 0.3 is 0 Å². The van der Waals surface area contributed by atoms with Gasteiger partial charge in [0.1, 0.15) is 0 Å². The van der Waals surface area contributed by atoms with Crippen molar-refractivity contribution in [3.8, 4) is 0 Å². The quantitative estimate of drug-likeness (QED) is 0.709. The number of carbonyl (C=O) groups is 1. The molecule has 4 rings (SSSR count). The lowest BCUT2D eigenvalue weighted by Gasteiger charge is -2.34. The highest BCUT2D eigenvalue weighted by molar-refractivity contribution is 6.07. The summed E-state index contributed by atoms with van der Waals surface area (Å²) >= 11 is 0. The number of piperidine rings is 1. The van der Waals surface area contributed by atoms with E-state index >= 15 is 0 Å². The first-order chi connectivity index (χ1) is 12.8. The maximum Gasteiger partial charge on any atom is 0.246 e. The molecule has 5 nitrogen and oxygen atoms in total. The molecule has 5 heteroatoms. The van der Waals surface area contributed by atoms with Crippen molar-refractivity contribution in [2.75, 3.05) is 13.2 Å². The minimum Gasteiger partial charge on any atom is -0.396 e. The third kappa shape index (κ3) is 3.22. The van der Waals surface area contributed by atoms with Gasteiger partial charge in [0.15, 0.2) is 0 Å². The van der Waals surface area contributed by atoms with Gasteiger partial charge in [0.2, 0.25) is 5.91 Å².